The van der Waals surface area contributed by atoms with Crippen molar-refractivity contribution >= 4 is 22.6 Å². The number of amides is 1. The van der Waals surface area contributed by atoms with Crippen LogP contribution in [0.3, 0.4) is 0 Å². The molecule has 0 bridgehead atoms. The first-order valence-corrected chi connectivity index (χ1v) is 10.3. The monoisotopic (exact) mass is 468 g/mol. The van der Waals surface area contributed by atoms with Crippen LogP contribution in [-0.4, -0.2) is 20.0 Å². The maximum absolute atomic E-state index is 13.2. The maximum atomic E-state index is 13.2. The van der Waals surface area contributed by atoms with E-state index in [1.54, 1.807) is 0 Å². The van der Waals surface area contributed by atoms with Gasteiger partial charge in [0.15, 0.2) is 5.52 Å². The fourth-order valence-electron chi connectivity index (χ4n) is 3.60. The first-order valence-electron chi connectivity index (χ1n) is 10.3. The summed E-state index contributed by atoms with van der Waals surface area (Å²) in [4.78, 5) is 42.8. The lowest BCUT2D eigenvalue weighted by Gasteiger charge is -2.14. The van der Waals surface area contributed by atoms with Gasteiger partial charge in [-0.1, -0.05) is 36.4 Å². The second-order valence-corrected chi connectivity index (χ2v) is 7.56. The van der Waals surface area contributed by atoms with E-state index in [2.05, 4.69) is 10.3 Å². The Kier molecular flexibility index (Phi) is 6.31. The molecule has 0 radical (unpaired) electrons. The highest BCUT2D eigenvalue weighted by Crippen LogP contribution is 2.30. The Bertz CT molecular complexity index is 1460. The molecule has 0 saturated heterocycles. The largest absolute Gasteiger partial charge is 0.416 e. The predicted molar refractivity (Wildman–Crippen MR) is 120 cm³/mol. The molecule has 2 aromatic heterocycles. The van der Waals surface area contributed by atoms with E-state index < -0.39 is 35.4 Å². The van der Waals surface area contributed by atoms with Crippen LogP contribution in [0, 0.1) is 0 Å². The van der Waals surface area contributed by atoms with Crippen molar-refractivity contribution in [3.8, 4) is 0 Å². The molecular weight excluding hydrogens is 449 g/mol. The van der Waals surface area contributed by atoms with Crippen molar-refractivity contribution < 1.29 is 18.0 Å². The molecular formula is C24H19F3N4O3. The van der Waals surface area contributed by atoms with E-state index >= 15 is 0 Å². The highest BCUT2D eigenvalue weighted by molar-refractivity contribution is 5.91. The molecule has 10 heteroatoms. The number of hydrogen-bond acceptors (Lipinski definition) is 4. The minimum absolute atomic E-state index is 0.0158. The van der Waals surface area contributed by atoms with Gasteiger partial charge < -0.3 is 5.32 Å². The minimum atomic E-state index is -4.56. The first-order chi connectivity index (χ1) is 16.2. The van der Waals surface area contributed by atoms with Crippen molar-refractivity contribution in [3.05, 3.63) is 105 Å². The molecule has 0 unspecified atom stereocenters. The summed E-state index contributed by atoms with van der Waals surface area (Å²) in [5.74, 6) is -0.722. The molecule has 7 nitrogen and oxygen atoms in total. The zero-order valence-corrected chi connectivity index (χ0v) is 17.7. The van der Waals surface area contributed by atoms with Crippen LogP contribution in [0.4, 0.5) is 18.9 Å². The summed E-state index contributed by atoms with van der Waals surface area (Å²) in [6.07, 6.45) is -2.75. The summed E-state index contributed by atoms with van der Waals surface area (Å²) in [7, 11) is 0. The SMILES string of the molecule is O=C(Cn1c(=O)n(CCc2ccccc2)c(=O)c2ncccc21)Nc1cccc(C(F)(F)F)c1. The van der Waals surface area contributed by atoms with Gasteiger partial charge in [-0.05, 0) is 42.3 Å². The molecule has 1 N–H and O–H groups in total. The lowest BCUT2D eigenvalue weighted by Crippen LogP contribution is -2.42. The highest BCUT2D eigenvalue weighted by Gasteiger charge is 2.30. The van der Waals surface area contributed by atoms with Gasteiger partial charge >= 0.3 is 11.9 Å². The van der Waals surface area contributed by atoms with E-state index in [0.717, 1.165) is 26.8 Å². The number of benzene rings is 2. The highest BCUT2D eigenvalue weighted by atomic mass is 19.4. The lowest BCUT2D eigenvalue weighted by atomic mass is 10.1. The minimum Gasteiger partial charge on any atom is -0.325 e. The normalized spacial score (nSPS) is 11.5. The number of hydrogen-bond donors (Lipinski definition) is 1. The molecule has 1 amide bonds. The molecule has 0 spiro atoms. The zero-order valence-electron chi connectivity index (χ0n) is 17.7. The van der Waals surface area contributed by atoms with Gasteiger partial charge in [0.25, 0.3) is 5.56 Å². The van der Waals surface area contributed by atoms with Gasteiger partial charge in [0.1, 0.15) is 6.54 Å². The summed E-state index contributed by atoms with van der Waals surface area (Å²) >= 11 is 0. The van der Waals surface area contributed by atoms with E-state index in [0.29, 0.717) is 6.42 Å². The summed E-state index contributed by atoms with van der Waals surface area (Å²) in [6, 6.07) is 16.5. The number of nitrogens with zero attached hydrogens (tertiary/aromatic N) is 3. The quantitative estimate of drug-likeness (QED) is 0.470. The fraction of sp³-hybridized carbons (Fsp3) is 0.167. The average Bonchev–Trinajstić information content (AvgIpc) is 2.82. The van der Waals surface area contributed by atoms with Gasteiger partial charge in [0.05, 0.1) is 11.1 Å². The standard InChI is InChI=1S/C24H19F3N4O3/c25-24(26,27)17-8-4-9-18(14-17)29-20(32)15-31-19-10-5-12-28-21(19)22(33)30(23(31)34)13-11-16-6-2-1-3-7-16/h1-10,12,14H,11,13,15H2,(H,29,32). The van der Waals surface area contributed by atoms with Gasteiger partial charge in [0, 0.05) is 18.4 Å². The lowest BCUT2D eigenvalue weighted by molar-refractivity contribution is -0.137. The van der Waals surface area contributed by atoms with Gasteiger partial charge in [0.2, 0.25) is 5.91 Å². The number of aryl methyl sites for hydroxylation is 1. The van der Waals surface area contributed by atoms with E-state index in [4.69, 9.17) is 0 Å². The van der Waals surface area contributed by atoms with Gasteiger partial charge in [-0.25, -0.2) is 9.78 Å². The summed E-state index contributed by atoms with van der Waals surface area (Å²) in [5, 5.41) is 2.38. The second kappa shape index (κ2) is 9.34. The number of alkyl halides is 3. The number of rotatable bonds is 6. The van der Waals surface area contributed by atoms with E-state index in [-0.39, 0.29) is 23.3 Å². The number of anilines is 1. The Morgan fingerprint density at radius 3 is 2.44 bits per heavy atom. The topological polar surface area (TPSA) is 86.0 Å². The molecule has 0 aliphatic heterocycles. The van der Waals surface area contributed by atoms with Gasteiger partial charge in [-0.3, -0.25) is 18.7 Å². The van der Waals surface area contributed by atoms with Crippen molar-refractivity contribution in [2.75, 3.05) is 5.32 Å². The van der Waals surface area contributed by atoms with Crippen molar-refractivity contribution in [3.63, 3.8) is 0 Å². The van der Waals surface area contributed by atoms with Crippen LogP contribution in [-0.2, 0) is 30.5 Å². The van der Waals surface area contributed by atoms with Gasteiger partial charge in [-0.2, -0.15) is 13.2 Å². The van der Waals surface area contributed by atoms with Crippen LogP contribution < -0.4 is 16.6 Å². The molecule has 34 heavy (non-hydrogen) atoms. The fourth-order valence-corrected chi connectivity index (χ4v) is 3.60. The van der Waals surface area contributed by atoms with Crippen LogP contribution in [0.2, 0.25) is 0 Å². The smallest absolute Gasteiger partial charge is 0.325 e. The molecule has 0 aliphatic rings. The van der Waals surface area contributed by atoms with Crippen molar-refractivity contribution in [1.29, 1.82) is 0 Å². The number of carbonyl (C=O) groups is 1. The number of halogens is 3. The third-order valence-electron chi connectivity index (χ3n) is 5.23. The van der Waals surface area contributed by atoms with Crippen molar-refractivity contribution in [2.45, 2.75) is 25.7 Å². The van der Waals surface area contributed by atoms with Crippen LogP contribution in [0.25, 0.3) is 11.0 Å². The molecule has 0 fully saturated rings. The van der Waals surface area contributed by atoms with Crippen molar-refractivity contribution in [1.82, 2.24) is 14.1 Å². The van der Waals surface area contributed by atoms with Crippen LogP contribution >= 0.6 is 0 Å². The molecule has 2 heterocycles. The molecule has 0 saturated carbocycles. The second-order valence-electron chi connectivity index (χ2n) is 7.56. The number of pyridine rings is 1. The zero-order chi connectivity index (χ0) is 24.3. The van der Waals surface area contributed by atoms with Crippen LogP contribution in [0.1, 0.15) is 11.1 Å². The molecule has 4 rings (SSSR count). The van der Waals surface area contributed by atoms with Crippen molar-refractivity contribution in [2.24, 2.45) is 0 Å². The molecule has 4 aromatic rings. The van der Waals surface area contributed by atoms with E-state index in [1.807, 2.05) is 30.3 Å². The predicted octanol–water partition coefficient (Wildman–Crippen LogP) is 3.46. The number of aromatic nitrogens is 3. The first kappa shape index (κ1) is 23.0. The van der Waals surface area contributed by atoms with Gasteiger partial charge in [-0.15, -0.1) is 0 Å². The average molecular weight is 468 g/mol. The maximum Gasteiger partial charge on any atom is 0.416 e. The Morgan fingerprint density at radius 2 is 1.71 bits per heavy atom. The molecule has 174 valence electrons. The van der Waals surface area contributed by atoms with Crippen LogP contribution in [0.5, 0.6) is 0 Å². The summed E-state index contributed by atoms with van der Waals surface area (Å²) in [5.41, 5.74) is -1.16. The molecule has 0 aliphatic carbocycles. The number of carbonyl (C=O) groups excluding carboxylic acids is 1. The molecule has 2 aromatic carbocycles. The third-order valence-corrected chi connectivity index (χ3v) is 5.23. The van der Waals surface area contributed by atoms with E-state index in [9.17, 15) is 27.6 Å². The summed E-state index contributed by atoms with van der Waals surface area (Å²) < 4.78 is 41.0. The Morgan fingerprint density at radius 1 is 0.941 bits per heavy atom. The number of fused-ring (bicyclic) bond motifs is 1. The Balaban J connectivity index is 1.66. The number of nitrogens with one attached hydrogen (secondary N) is 1. The van der Waals surface area contributed by atoms with E-state index in [1.165, 1.54) is 30.5 Å². The van der Waals surface area contributed by atoms with Crippen LogP contribution in [0.15, 0.2) is 82.5 Å². The molecule has 0 atom stereocenters. The Labute approximate surface area is 191 Å². The Hall–Kier alpha value is -4.21. The third kappa shape index (κ3) is 4.90. The summed E-state index contributed by atoms with van der Waals surface area (Å²) in [6.45, 7) is -0.438.